The molecule has 0 aromatic carbocycles. The molecule has 1 aromatic rings. The number of methoxy groups -OCH3 is 1. The highest BCUT2D eigenvalue weighted by Crippen LogP contribution is 2.30. The zero-order valence-electron chi connectivity index (χ0n) is 15.6. The molecule has 1 aliphatic heterocycles. The second-order valence-corrected chi connectivity index (χ2v) is 7.56. The van der Waals surface area contributed by atoms with Gasteiger partial charge in [-0.3, -0.25) is 14.7 Å². The fourth-order valence-electron chi connectivity index (χ4n) is 4.23. The van der Waals surface area contributed by atoms with Gasteiger partial charge in [0.25, 0.3) is 0 Å². The maximum atomic E-state index is 12.9. The van der Waals surface area contributed by atoms with Crippen molar-refractivity contribution >= 4 is 11.9 Å². The van der Waals surface area contributed by atoms with Gasteiger partial charge >= 0.3 is 5.97 Å². The van der Waals surface area contributed by atoms with Gasteiger partial charge in [-0.2, -0.15) is 0 Å². The maximum absolute atomic E-state index is 12.9. The van der Waals surface area contributed by atoms with Crippen molar-refractivity contribution in [2.75, 3.05) is 20.2 Å². The summed E-state index contributed by atoms with van der Waals surface area (Å²) in [6, 6.07) is 4.00. The Hall–Kier alpha value is -1.95. The zero-order valence-corrected chi connectivity index (χ0v) is 15.6. The Morgan fingerprint density at radius 3 is 2.81 bits per heavy atom. The lowest BCUT2D eigenvalue weighted by Gasteiger charge is -2.38. The average molecular weight is 359 g/mol. The van der Waals surface area contributed by atoms with E-state index in [1.54, 1.807) is 6.20 Å². The van der Waals surface area contributed by atoms with Crippen LogP contribution in [0.4, 0.5) is 0 Å². The number of pyridine rings is 1. The lowest BCUT2D eigenvalue weighted by molar-refractivity contribution is -0.153. The third-order valence-electron chi connectivity index (χ3n) is 5.65. The van der Waals surface area contributed by atoms with Crippen molar-refractivity contribution in [2.45, 2.75) is 57.0 Å². The van der Waals surface area contributed by atoms with Gasteiger partial charge in [-0.05, 0) is 43.9 Å². The molecule has 0 radical (unpaired) electrons. The number of carbonyl (C=O) groups is 2. The Kier molecular flexibility index (Phi) is 6.25. The van der Waals surface area contributed by atoms with Crippen LogP contribution in [0.2, 0.25) is 0 Å². The smallest absolute Gasteiger partial charge is 0.331 e. The first-order valence-electron chi connectivity index (χ1n) is 9.65. The van der Waals surface area contributed by atoms with Crippen molar-refractivity contribution in [3.63, 3.8) is 0 Å². The van der Waals surface area contributed by atoms with Crippen molar-refractivity contribution in [1.82, 2.24) is 15.2 Å². The molecule has 2 heterocycles. The second kappa shape index (κ2) is 8.62. The first-order chi connectivity index (χ1) is 12.6. The number of piperidine rings is 1. The van der Waals surface area contributed by atoms with Crippen molar-refractivity contribution in [1.29, 1.82) is 0 Å². The molecule has 6 nitrogen and oxygen atoms in total. The molecule has 1 atom stereocenters. The first kappa shape index (κ1) is 18.8. The number of nitrogens with zero attached hydrogens (tertiary/aromatic N) is 2. The summed E-state index contributed by atoms with van der Waals surface area (Å²) in [6.45, 7) is 2.51. The fourth-order valence-corrected chi connectivity index (χ4v) is 4.23. The van der Waals surface area contributed by atoms with Gasteiger partial charge in [0.05, 0.1) is 13.0 Å². The normalized spacial score (nSPS) is 23.2. The van der Waals surface area contributed by atoms with Gasteiger partial charge in [0, 0.05) is 25.5 Å². The van der Waals surface area contributed by atoms with E-state index >= 15 is 0 Å². The summed E-state index contributed by atoms with van der Waals surface area (Å²) < 4.78 is 5.01. The number of ether oxygens (including phenoxy) is 1. The molecular weight excluding hydrogens is 330 g/mol. The van der Waals surface area contributed by atoms with Crippen LogP contribution in [0.5, 0.6) is 0 Å². The number of hydrogen-bond donors (Lipinski definition) is 1. The molecule has 2 aliphatic rings. The second-order valence-electron chi connectivity index (χ2n) is 7.56. The van der Waals surface area contributed by atoms with Gasteiger partial charge in [0.1, 0.15) is 5.54 Å². The van der Waals surface area contributed by atoms with Crippen molar-refractivity contribution < 1.29 is 14.3 Å². The Balaban J connectivity index is 1.62. The van der Waals surface area contributed by atoms with Gasteiger partial charge < -0.3 is 10.1 Å². The van der Waals surface area contributed by atoms with E-state index in [0.29, 0.717) is 12.8 Å². The maximum Gasteiger partial charge on any atom is 0.331 e. The molecule has 26 heavy (non-hydrogen) atoms. The number of hydrogen-bond acceptors (Lipinski definition) is 5. The molecule has 1 saturated carbocycles. The molecule has 1 saturated heterocycles. The van der Waals surface area contributed by atoms with Crippen molar-refractivity contribution in [2.24, 2.45) is 5.92 Å². The monoisotopic (exact) mass is 359 g/mol. The van der Waals surface area contributed by atoms with E-state index in [1.165, 1.54) is 7.11 Å². The summed E-state index contributed by atoms with van der Waals surface area (Å²) in [5, 5.41) is 3.08. The average Bonchev–Trinajstić information content (AvgIpc) is 2.69. The molecule has 0 unspecified atom stereocenters. The highest BCUT2D eigenvalue weighted by atomic mass is 16.5. The number of rotatable bonds is 5. The molecular formula is C20H29N3O3. The third-order valence-corrected chi connectivity index (χ3v) is 5.65. The minimum Gasteiger partial charge on any atom is -0.467 e. The van der Waals surface area contributed by atoms with E-state index in [0.717, 1.165) is 57.3 Å². The molecule has 1 aliphatic carbocycles. The summed E-state index contributed by atoms with van der Waals surface area (Å²) in [4.78, 5) is 31.8. The minimum atomic E-state index is -0.824. The third kappa shape index (κ3) is 4.41. The SMILES string of the molecule is COC(=O)C1(NC(=O)[C@H]2CCCN(Cc3cccnc3)C2)CCCCC1. The Morgan fingerprint density at radius 2 is 2.12 bits per heavy atom. The standard InChI is InChI=1S/C20H29N3O3/c1-26-19(25)20(9-3-2-4-10-20)22-18(24)17-8-6-12-23(15-17)14-16-7-5-11-21-13-16/h5,7,11,13,17H,2-4,6,8-10,12,14-15H2,1H3,(H,22,24)/t17-/m0/s1. The molecule has 1 aromatic heterocycles. The van der Waals surface area contributed by atoms with E-state index in [4.69, 9.17) is 4.74 Å². The van der Waals surface area contributed by atoms with E-state index in [1.807, 2.05) is 12.3 Å². The summed E-state index contributed by atoms with van der Waals surface area (Å²) >= 11 is 0. The number of nitrogens with one attached hydrogen (secondary N) is 1. The van der Waals surface area contributed by atoms with Crippen LogP contribution in [0.15, 0.2) is 24.5 Å². The van der Waals surface area contributed by atoms with Gasteiger partial charge in [0.2, 0.25) is 5.91 Å². The Bertz CT molecular complexity index is 614. The molecule has 142 valence electrons. The zero-order chi connectivity index (χ0) is 18.4. The molecule has 3 rings (SSSR count). The largest absolute Gasteiger partial charge is 0.467 e. The van der Waals surface area contributed by atoms with E-state index < -0.39 is 5.54 Å². The van der Waals surface area contributed by atoms with Gasteiger partial charge in [-0.15, -0.1) is 0 Å². The van der Waals surface area contributed by atoms with Crippen LogP contribution in [-0.4, -0.2) is 47.5 Å². The fraction of sp³-hybridized carbons (Fsp3) is 0.650. The van der Waals surface area contributed by atoms with Crippen molar-refractivity contribution in [3.05, 3.63) is 30.1 Å². The summed E-state index contributed by atoms with van der Waals surface area (Å²) in [5.41, 5.74) is 0.335. The van der Waals surface area contributed by atoms with E-state index in [9.17, 15) is 9.59 Å². The quantitative estimate of drug-likeness (QED) is 0.817. The van der Waals surface area contributed by atoms with Gasteiger partial charge in [-0.1, -0.05) is 25.3 Å². The first-order valence-corrected chi connectivity index (χ1v) is 9.65. The van der Waals surface area contributed by atoms with Crippen LogP contribution in [0, 0.1) is 5.92 Å². The predicted molar refractivity (Wildman–Crippen MR) is 98.2 cm³/mol. The number of amides is 1. The topological polar surface area (TPSA) is 71.5 Å². The van der Waals surface area contributed by atoms with E-state index in [-0.39, 0.29) is 17.8 Å². The number of esters is 1. The highest BCUT2D eigenvalue weighted by molar-refractivity contribution is 5.89. The predicted octanol–water partition coefficient (Wildman–Crippen LogP) is 2.29. The van der Waals surface area contributed by atoms with Crippen LogP contribution >= 0.6 is 0 Å². The lowest BCUT2D eigenvalue weighted by atomic mass is 9.81. The van der Waals surface area contributed by atoms with Gasteiger partial charge in [0.15, 0.2) is 0 Å². The van der Waals surface area contributed by atoms with Crippen LogP contribution in [-0.2, 0) is 20.9 Å². The Morgan fingerprint density at radius 1 is 1.31 bits per heavy atom. The molecule has 1 amide bonds. The van der Waals surface area contributed by atoms with Crippen LogP contribution in [0.1, 0.15) is 50.5 Å². The number of aromatic nitrogens is 1. The van der Waals surface area contributed by atoms with Crippen LogP contribution in [0.25, 0.3) is 0 Å². The Labute approximate surface area is 155 Å². The molecule has 0 spiro atoms. The summed E-state index contributed by atoms with van der Waals surface area (Å²) in [6.07, 6.45) is 9.87. The highest BCUT2D eigenvalue weighted by Gasteiger charge is 2.43. The molecule has 1 N–H and O–H groups in total. The lowest BCUT2D eigenvalue weighted by Crippen LogP contribution is -2.58. The minimum absolute atomic E-state index is 0.00631. The van der Waals surface area contributed by atoms with E-state index in [2.05, 4.69) is 21.3 Å². The van der Waals surface area contributed by atoms with Crippen molar-refractivity contribution in [3.8, 4) is 0 Å². The van der Waals surface area contributed by atoms with Gasteiger partial charge in [-0.25, -0.2) is 4.79 Å². The number of likely N-dealkylation sites (tertiary alicyclic amines) is 1. The summed E-state index contributed by atoms with van der Waals surface area (Å²) in [5.74, 6) is -0.384. The van der Waals surface area contributed by atoms with Crippen LogP contribution < -0.4 is 5.32 Å². The molecule has 0 bridgehead atoms. The molecule has 6 heteroatoms. The number of carbonyl (C=O) groups excluding carboxylic acids is 2. The summed E-state index contributed by atoms with van der Waals surface area (Å²) in [7, 11) is 1.40. The van der Waals surface area contributed by atoms with Crippen LogP contribution in [0.3, 0.4) is 0 Å². The molecule has 2 fully saturated rings.